The first kappa shape index (κ1) is 22.2. The van der Waals surface area contributed by atoms with E-state index in [1.54, 1.807) is 24.3 Å². The summed E-state index contributed by atoms with van der Waals surface area (Å²) in [6.45, 7) is 4.55. The number of nitrogens with zero attached hydrogens (tertiary/aromatic N) is 1. The third kappa shape index (κ3) is 5.07. The second-order valence-electron chi connectivity index (χ2n) is 8.83. The van der Waals surface area contributed by atoms with Crippen LogP contribution in [0.15, 0.2) is 48.5 Å². The van der Waals surface area contributed by atoms with Gasteiger partial charge in [0, 0.05) is 37.4 Å². The van der Waals surface area contributed by atoms with Gasteiger partial charge in [-0.2, -0.15) is 0 Å². The number of benzene rings is 2. The van der Waals surface area contributed by atoms with Gasteiger partial charge in [-0.1, -0.05) is 24.3 Å². The van der Waals surface area contributed by atoms with Crippen molar-refractivity contribution in [1.29, 1.82) is 0 Å². The maximum absolute atomic E-state index is 13.0. The number of likely N-dealkylation sites (tertiary alicyclic amines) is 1. The molecule has 2 aromatic carbocycles. The number of ether oxygens (including phenoxy) is 1. The smallest absolute Gasteiger partial charge is 0.302 e. The first-order valence-corrected chi connectivity index (χ1v) is 11.3. The average molecular weight is 435 g/mol. The molecule has 168 valence electrons. The highest BCUT2D eigenvalue weighted by Crippen LogP contribution is 2.31. The average Bonchev–Trinajstić information content (AvgIpc) is 2.78. The van der Waals surface area contributed by atoms with Gasteiger partial charge >= 0.3 is 5.97 Å². The van der Waals surface area contributed by atoms with Crippen LogP contribution < -0.4 is 5.32 Å². The summed E-state index contributed by atoms with van der Waals surface area (Å²) in [5.41, 5.74) is 3.95. The van der Waals surface area contributed by atoms with Crippen molar-refractivity contribution in [3.63, 3.8) is 0 Å². The molecule has 0 unspecified atom stereocenters. The van der Waals surface area contributed by atoms with Crippen molar-refractivity contribution < 1.29 is 19.1 Å². The van der Waals surface area contributed by atoms with Gasteiger partial charge in [0.1, 0.15) is 6.10 Å². The molecule has 1 N–H and O–H groups in total. The highest BCUT2D eigenvalue weighted by molar-refractivity contribution is 5.98. The molecule has 2 aliphatic rings. The topological polar surface area (TPSA) is 75.7 Å². The van der Waals surface area contributed by atoms with E-state index >= 15 is 0 Å². The number of rotatable bonds is 5. The Morgan fingerprint density at radius 2 is 1.53 bits per heavy atom. The number of carbonyl (C=O) groups excluding carboxylic acids is 3. The Bertz CT molecular complexity index is 993. The van der Waals surface area contributed by atoms with Gasteiger partial charge in [0.05, 0.1) is 6.04 Å². The fourth-order valence-electron chi connectivity index (χ4n) is 5.01. The quantitative estimate of drug-likeness (QED) is 0.574. The number of carbonyl (C=O) groups is 3. The number of fused-ring (bicyclic) bond motifs is 1. The second-order valence-corrected chi connectivity index (χ2v) is 8.83. The second kappa shape index (κ2) is 9.65. The van der Waals surface area contributed by atoms with Crippen LogP contribution in [0, 0.1) is 5.92 Å². The van der Waals surface area contributed by atoms with Gasteiger partial charge in [-0.25, -0.2) is 0 Å². The van der Waals surface area contributed by atoms with Gasteiger partial charge in [-0.15, -0.1) is 0 Å². The number of hydrogen-bond acceptors (Lipinski definition) is 5. The lowest BCUT2D eigenvalue weighted by Crippen LogP contribution is -2.52. The van der Waals surface area contributed by atoms with E-state index in [0.29, 0.717) is 11.3 Å². The molecular weight excluding hydrogens is 404 g/mol. The Morgan fingerprint density at radius 1 is 0.906 bits per heavy atom. The predicted octanol–water partition coefficient (Wildman–Crippen LogP) is 3.64. The zero-order valence-corrected chi connectivity index (χ0v) is 18.7. The summed E-state index contributed by atoms with van der Waals surface area (Å²) >= 11 is 0. The molecule has 0 aromatic heterocycles. The van der Waals surface area contributed by atoms with Crippen LogP contribution in [0.25, 0.3) is 0 Å². The van der Waals surface area contributed by atoms with Crippen LogP contribution in [0.4, 0.5) is 5.69 Å². The number of piperidine rings is 1. The fourth-order valence-corrected chi connectivity index (χ4v) is 5.01. The Balaban J connectivity index is 1.40. The summed E-state index contributed by atoms with van der Waals surface area (Å²) in [4.78, 5) is 38.3. The summed E-state index contributed by atoms with van der Waals surface area (Å²) < 4.78 is 5.72. The summed E-state index contributed by atoms with van der Waals surface area (Å²) in [5, 5.41) is 2.72. The first-order chi connectivity index (χ1) is 15.4. The number of Topliss-reactive ketones (excluding diaryl/α,β-unsaturated/α-hetero) is 1. The third-order valence-electron chi connectivity index (χ3n) is 6.57. The van der Waals surface area contributed by atoms with Crippen LogP contribution >= 0.6 is 0 Å². The van der Waals surface area contributed by atoms with Crippen LogP contribution in [-0.2, 0) is 27.2 Å². The lowest BCUT2D eigenvalue weighted by Gasteiger charge is -2.43. The van der Waals surface area contributed by atoms with E-state index < -0.39 is 0 Å². The van der Waals surface area contributed by atoms with Crippen LogP contribution in [-0.4, -0.2) is 47.8 Å². The lowest BCUT2D eigenvalue weighted by molar-refractivity contribution is -0.150. The maximum atomic E-state index is 13.0. The predicted molar refractivity (Wildman–Crippen MR) is 123 cm³/mol. The number of nitrogens with one attached hydrogen (secondary N) is 1. The zero-order chi connectivity index (χ0) is 22.7. The highest BCUT2D eigenvalue weighted by atomic mass is 16.5. The number of esters is 1. The lowest BCUT2D eigenvalue weighted by atomic mass is 9.82. The Hall–Kier alpha value is -2.99. The molecule has 0 bridgehead atoms. The molecule has 6 heteroatoms. The molecule has 0 radical (unpaired) electrons. The van der Waals surface area contributed by atoms with Crippen molar-refractivity contribution >= 4 is 23.3 Å². The maximum Gasteiger partial charge on any atom is 0.302 e. The number of anilines is 1. The minimum Gasteiger partial charge on any atom is -0.461 e. The molecule has 2 atom stereocenters. The van der Waals surface area contributed by atoms with Gasteiger partial charge in [0.15, 0.2) is 5.78 Å². The molecule has 4 rings (SSSR count). The Morgan fingerprint density at radius 3 is 2.12 bits per heavy atom. The van der Waals surface area contributed by atoms with Crippen LogP contribution in [0.1, 0.15) is 48.2 Å². The molecule has 1 amide bonds. The Kier molecular flexibility index (Phi) is 6.70. The molecule has 2 aromatic rings. The summed E-state index contributed by atoms with van der Waals surface area (Å²) in [6.07, 6.45) is 3.02. The van der Waals surface area contributed by atoms with E-state index in [0.717, 1.165) is 38.8 Å². The van der Waals surface area contributed by atoms with Crippen LogP contribution in [0.5, 0.6) is 0 Å². The van der Waals surface area contributed by atoms with Gasteiger partial charge in [0.2, 0.25) is 5.91 Å². The van der Waals surface area contributed by atoms with Crippen molar-refractivity contribution in [3.05, 3.63) is 65.2 Å². The molecule has 1 aliphatic heterocycles. The number of hydrogen-bond donors (Lipinski definition) is 1. The van der Waals surface area contributed by atoms with E-state index in [1.165, 1.54) is 25.0 Å². The Labute approximate surface area is 188 Å². The zero-order valence-electron chi connectivity index (χ0n) is 18.7. The molecule has 1 heterocycles. The van der Waals surface area contributed by atoms with Crippen molar-refractivity contribution in [2.75, 3.05) is 18.4 Å². The molecule has 1 aliphatic carbocycles. The monoisotopic (exact) mass is 434 g/mol. The molecular formula is C26H30N2O4. The molecule has 6 nitrogen and oxygen atoms in total. The van der Waals surface area contributed by atoms with Crippen molar-refractivity contribution in [1.82, 2.24) is 4.90 Å². The van der Waals surface area contributed by atoms with E-state index in [2.05, 4.69) is 28.4 Å². The van der Waals surface area contributed by atoms with Crippen molar-refractivity contribution in [2.24, 2.45) is 5.92 Å². The molecule has 0 saturated carbocycles. The number of ketones is 1. The van der Waals surface area contributed by atoms with Gasteiger partial charge in [0.25, 0.3) is 0 Å². The largest absolute Gasteiger partial charge is 0.461 e. The summed E-state index contributed by atoms with van der Waals surface area (Å²) in [7, 11) is 0. The fraction of sp³-hybridized carbons (Fsp3) is 0.423. The van der Waals surface area contributed by atoms with Crippen molar-refractivity contribution in [2.45, 2.75) is 51.7 Å². The van der Waals surface area contributed by atoms with E-state index in [9.17, 15) is 14.4 Å². The normalized spacial score (nSPS) is 21.4. The number of amides is 1. The minimum atomic E-state index is -0.243. The van der Waals surface area contributed by atoms with Gasteiger partial charge < -0.3 is 10.1 Å². The van der Waals surface area contributed by atoms with E-state index in [-0.39, 0.29) is 35.7 Å². The first-order valence-electron chi connectivity index (χ1n) is 11.3. The molecule has 1 fully saturated rings. The SMILES string of the molecule is CC(=O)Nc1ccc(C(=O)C2CCN([C@H]3Cc4ccccc4C[C@@H]3OC(C)=O)CC2)cc1. The highest BCUT2D eigenvalue weighted by Gasteiger charge is 2.37. The van der Waals surface area contributed by atoms with E-state index in [4.69, 9.17) is 4.74 Å². The molecule has 0 spiro atoms. The van der Waals surface area contributed by atoms with Gasteiger partial charge in [-0.3, -0.25) is 19.3 Å². The third-order valence-corrected chi connectivity index (χ3v) is 6.57. The van der Waals surface area contributed by atoms with E-state index in [1.807, 2.05) is 6.07 Å². The van der Waals surface area contributed by atoms with Crippen LogP contribution in [0.2, 0.25) is 0 Å². The molecule has 32 heavy (non-hydrogen) atoms. The summed E-state index contributed by atoms with van der Waals surface area (Å²) in [5.74, 6) is -0.230. The minimum absolute atomic E-state index is 0.0130. The van der Waals surface area contributed by atoms with Crippen molar-refractivity contribution in [3.8, 4) is 0 Å². The standard InChI is InChI=1S/C26H30N2O4/c1-17(29)27-23-9-7-19(8-10-23)26(31)20-11-13-28(14-12-20)24-15-21-5-3-4-6-22(21)16-25(24)32-18(2)30/h3-10,20,24-25H,11-16H2,1-2H3,(H,27,29)/t24-,25-/m0/s1. The van der Waals surface area contributed by atoms with Crippen LogP contribution in [0.3, 0.4) is 0 Å². The molecule has 1 saturated heterocycles. The van der Waals surface area contributed by atoms with Gasteiger partial charge in [-0.05, 0) is 67.7 Å². The summed E-state index contributed by atoms with van der Waals surface area (Å²) in [6, 6.07) is 15.6.